The summed E-state index contributed by atoms with van der Waals surface area (Å²) in [5.41, 5.74) is 3.55. The van der Waals surface area contributed by atoms with Gasteiger partial charge in [0.05, 0.1) is 6.20 Å². The summed E-state index contributed by atoms with van der Waals surface area (Å²) in [5.74, 6) is -0.102. The van der Waals surface area contributed by atoms with Crippen LogP contribution in [0, 0.1) is 17.6 Å². The van der Waals surface area contributed by atoms with Gasteiger partial charge >= 0.3 is 0 Å². The van der Waals surface area contributed by atoms with E-state index in [2.05, 4.69) is 10.4 Å². The van der Waals surface area contributed by atoms with E-state index in [4.69, 9.17) is 5.14 Å². The van der Waals surface area contributed by atoms with Crippen LogP contribution in [0.2, 0.25) is 0 Å². The molecule has 0 fully saturated rings. The Morgan fingerprint density at radius 2 is 2.06 bits per heavy atom. The summed E-state index contributed by atoms with van der Waals surface area (Å²) in [5, 5.41) is 12.3. The quantitative estimate of drug-likeness (QED) is 0.541. The van der Waals surface area contributed by atoms with Crippen LogP contribution in [0.25, 0.3) is 0 Å². The number of benzene rings is 2. The summed E-state index contributed by atoms with van der Waals surface area (Å²) in [6, 6.07) is 10.1. The minimum Gasteiger partial charge on any atom is -0.319 e. The van der Waals surface area contributed by atoms with Gasteiger partial charge in [0.2, 0.25) is 10.0 Å². The molecule has 1 aliphatic carbocycles. The molecular formula is C23H26F2N4O2S. The van der Waals surface area contributed by atoms with E-state index in [1.165, 1.54) is 23.1 Å². The molecule has 9 heteroatoms. The SMILES string of the molecule is CNCC1Cc2cc(F)c(CCn3cc(S(N)(=O)=O)cn3)cc2C1Cc1cccc(F)c1. The van der Waals surface area contributed by atoms with Crippen LogP contribution in [-0.4, -0.2) is 31.8 Å². The number of nitrogens with two attached hydrogens (primary N) is 1. The van der Waals surface area contributed by atoms with Gasteiger partial charge in [-0.25, -0.2) is 22.3 Å². The minimum atomic E-state index is -3.82. The van der Waals surface area contributed by atoms with Crippen LogP contribution in [-0.2, 0) is 35.8 Å². The fourth-order valence-electron chi connectivity index (χ4n) is 4.59. The third-order valence-corrected chi connectivity index (χ3v) is 6.99. The second-order valence-electron chi connectivity index (χ2n) is 8.34. The predicted molar refractivity (Wildman–Crippen MR) is 118 cm³/mol. The van der Waals surface area contributed by atoms with Gasteiger partial charge in [0.1, 0.15) is 16.5 Å². The van der Waals surface area contributed by atoms with Crippen LogP contribution in [0.5, 0.6) is 0 Å². The Balaban J connectivity index is 1.58. The van der Waals surface area contributed by atoms with Crippen LogP contribution in [0.1, 0.15) is 28.2 Å². The van der Waals surface area contributed by atoms with Gasteiger partial charge < -0.3 is 5.32 Å². The van der Waals surface area contributed by atoms with Gasteiger partial charge in [0.25, 0.3) is 0 Å². The molecule has 0 spiro atoms. The number of hydrogen-bond donors (Lipinski definition) is 2. The zero-order valence-electron chi connectivity index (χ0n) is 17.8. The molecule has 170 valence electrons. The molecule has 0 saturated heterocycles. The number of nitrogens with zero attached hydrogens (tertiary/aromatic N) is 2. The van der Waals surface area contributed by atoms with Crippen molar-refractivity contribution in [2.45, 2.75) is 36.6 Å². The number of aromatic nitrogens is 2. The van der Waals surface area contributed by atoms with E-state index < -0.39 is 10.0 Å². The second-order valence-corrected chi connectivity index (χ2v) is 9.90. The number of rotatable bonds is 8. The molecule has 1 aromatic heterocycles. The lowest BCUT2D eigenvalue weighted by atomic mass is 9.86. The molecule has 0 amide bonds. The fraction of sp³-hybridized carbons (Fsp3) is 0.348. The second kappa shape index (κ2) is 9.09. The van der Waals surface area contributed by atoms with Crippen LogP contribution in [0.4, 0.5) is 8.78 Å². The van der Waals surface area contributed by atoms with E-state index in [0.717, 1.165) is 29.7 Å². The zero-order chi connectivity index (χ0) is 22.9. The molecule has 2 aromatic carbocycles. The van der Waals surface area contributed by atoms with Crippen molar-refractivity contribution in [1.82, 2.24) is 15.1 Å². The highest BCUT2D eigenvalue weighted by Crippen LogP contribution is 2.41. The number of hydrogen-bond acceptors (Lipinski definition) is 4. The Kier molecular flexibility index (Phi) is 6.41. The summed E-state index contributed by atoms with van der Waals surface area (Å²) < 4.78 is 52.9. The van der Waals surface area contributed by atoms with E-state index in [-0.39, 0.29) is 28.4 Å². The lowest BCUT2D eigenvalue weighted by Gasteiger charge is -2.21. The zero-order valence-corrected chi connectivity index (χ0v) is 18.6. The van der Waals surface area contributed by atoms with Crippen molar-refractivity contribution in [2.75, 3.05) is 13.6 Å². The lowest BCUT2D eigenvalue weighted by molar-refractivity contribution is 0.435. The Morgan fingerprint density at radius 1 is 1.25 bits per heavy atom. The number of sulfonamides is 1. The molecule has 0 radical (unpaired) electrons. The van der Waals surface area contributed by atoms with Gasteiger partial charge in [-0.3, -0.25) is 4.68 Å². The molecular weight excluding hydrogens is 434 g/mol. The van der Waals surface area contributed by atoms with Crippen LogP contribution in [0.15, 0.2) is 53.7 Å². The average molecular weight is 461 g/mol. The highest BCUT2D eigenvalue weighted by atomic mass is 32.2. The highest BCUT2D eigenvalue weighted by Gasteiger charge is 2.33. The monoisotopic (exact) mass is 460 g/mol. The molecule has 4 rings (SSSR count). The average Bonchev–Trinajstić information content (AvgIpc) is 3.32. The highest BCUT2D eigenvalue weighted by molar-refractivity contribution is 7.89. The minimum absolute atomic E-state index is 0.0722. The number of aryl methyl sites for hydroxylation is 2. The van der Waals surface area contributed by atoms with Gasteiger partial charge in [-0.15, -0.1) is 0 Å². The van der Waals surface area contributed by atoms with E-state index >= 15 is 0 Å². The Bertz CT molecular complexity index is 1230. The summed E-state index contributed by atoms with van der Waals surface area (Å²) in [7, 11) is -1.93. The molecule has 6 nitrogen and oxygen atoms in total. The maximum atomic E-state index is 14.9. The molecule has 1 aliphatic rings. The van der Waals surface area contributed by atoms with Crippen molar-refractivity contribution < 1.29 is 17.2 Å². The Labute approximate surface area is 186 Å². The van der Waals surface area contributed by atoms with Gasteiger partial charge in [-0.1, -0.05) is 18.2 Å². The normalized spacial score (nSPS) is 18.1. The van der Waals surface area contributed by atoms with Gasteiger partial charge in [0, 0.05) is 12.7 Å². The molecule has 3 N–H and O–H groups in total. The molecule has 2 atom stereocenters. The van der Waals surface area contributed by atoms with Crippen LogP contribution >= 0.6 is 0 Å². The van der Waals surface area contributed by atoms with E-state index in [0.29, 0.717) is 24.9 Å². The van der Waals surface area contributed by atoms with Gasteiger partial charge in [-0.05, 0) is 85.1 Å². The summed E-state index contributed by atoms with van der Waals surface area (Å²) in [6.07, 6.45) is 4.33. The van der Waals surface area contributed by atoms with Crippen molar-refractivity contribution in [3.05, 3.63) is 82.7 Å². The maximum Gasteiger partial charge on any atom is 0.241 e. The van der Waals surface area contributed by atoms with Crippen molar-refractivity contribution >= 4 is 10.0 Å². The molecule has 3 aromatic rings. The topological polar surface area (TPSA) is 90.0 Å². The number of primary sulfonamides is 1. The van der Waals surface area contributed by atoms with Gasteiger partial charge in [0.15, 0.2) is 0 Å². The van der Waals surface area contributed by atoms with Crippen LogP contribution < -0.4 is 10.5 Å². The third-order valence-electron chi connectivity index (χ3n) is 6.12. The molecule has 0 saturated carbocycles. The first-order valence-electron chi connectivity index (χ1n) is 10.5. The first kappa shape index (κ1) is 22.6. The smallest absolute Gasteiger partial charge is 0.241 e. The fourth-order valence-corrected chi connectivity index (χ4v) is 5.05. The molecule has 1 heterocycles. The van der Waals surface area contributed by atoms with E-state index in [1.54, 1.807) is 18.2 Å². The number of nitrogens with one attached hydrogen (secondary N) is 1. The van der Waals surface area contributed by atoms with Crippen molar-refractivity contribution in [2.24, 2.45) is 11.1 Å². The summed E-state index contributed by atoms with van der Waals surface area (Å²) in [6.45, 7) is 1.11. The van der Waals surface area contributed by atoms with E-state index in [9.17, 15) is 17.2 Å². The molecule has 32 heavy (non-hydrogen) atoms. The lowest BCUT2D eigenvalue weighted by Crippen LogP contribution is -2.23. The van der Waals surface area contributed by atoms with E-state index in [1.807, 2.05) is 19.2 Å². The predicted octanol–water partition coefficient (Wildman–Crippen LogP) is 2.77. The first-order chi connectivity index (χ1) is 15.2. The molecule has 2 unspecified atom stereocenters. The number of halogens is 2. The van der Waals surface area contributed by atoms with Crippen molar-refractivity contribution in [3.8, 4) is 0 Å². The number of fused-ring (bicyclic) bond motifs is 1. The Morgan fingerprint density at radius 3 is 2.75 bits per heavy atom. The largest absolute Gasteiger partial charge is 0.319 e. The molecule has 0 bridgehead atoms. The van der Waals surface area contributed by atoms with Crippen molar-refractivity contribution in [3.63, 3.8) is 0 Å². The maximum absolute atomic E-state index is 14.9. The summed E-state index contributed by atoms with van der Waals surface area (Å²) >= 11 is 0. The van der Waals surface area contributed by atoms with Crippen LogP contribution in [0.3, 0.4) is 0 Å². The Hall–Kier alpha value is -2.62. The third kappa shape index (κ3) is 4.90. The standard InChI is InChI=1S/C23H26F2N4O2S/c1-27-12-18-9-17-11-23(25)16(5-6-29-14-20(13-28-29)32(26,30)31)10-22(17)21(18)8-15-3-2-4-19(24)7-15/h2-4,7,10-11,13-14,18,21,27H,5-6,8-9,12H2,1H3,(H2,26,30,31). The summed E-state index contributed by atoms with van der Waals surface area (Å²) in [4.78, 5) is -0.0722. The van der Waals surface area contributed by atoms with Gasteiger partial charge in [-0.2, -0.15) is 5.10 Å². The molecule has 0 aliphatic heterocycles. The van der Waals surface area contributed by atoms with Crippen molar-refractivity contribution in [1.29, 1.82) is 0 Å². The first-order valence-corrected chi connectivity index (χ1v) is 12.0.